The van der Waals surface area contributed by atoms with Crippen molar-refractivity contribution in [3.8, 4) is 51.4 Å². The number of carbonyl (C=O) groups is 1. The summed E-state index contributed by atoms with van der Waals surface area (Å²) in [5, 5.41) is 0. The summed E-state index contributed by atoms with van der Waals surface area (Å²) in [5.74, 6) is 5.01. The lowest BCUT2D eigenvalue weighted by Crippen LogP contribution is -2.01. The van der Waals surface area contributed by atoms with Gasteiger partial charge in [0.2, 0.25) is 0 Å². The van der Waals surface area contributed by atoms with Crippen LogP contribution < -0.4 is 18.9 Å². The summed E-state index contributed by atoms with van der Waals surface area (Å²) in [4.78, 5) is 13.1. The second-order valence-electron chi connectivity index (χ2n) is 12.3. The van der Waals surface area contributed by atoms with Crippen LogP contribution in [0.1, 0.15) is 32.6 Å². The number of benzene rings is 7. The highest BCUT2D eigenvalue weighted by atomic mass is 16.5. The van der Waals surface area contributed by atoms with Crippen molar-refractivity contribution >= 4 is 11.4 Å². The standard InChI is InChI=1S/C47H36O5/c1-32-4-18-41(19-5-32)50-45-28-14-38(15-29-45)47(48)39-16-30-46(31-17-39)52-44-26-12-37(13-27-44)36-10-24-43(25-11-36)51-42-22-8-35(9-23-42)33(2)34-6-20-40(49-3)21-7-34/h4-31H,2H2,1,3H3. The predicted octanol–water partition coefficient (Wildman–Crippen LogP) is 12.3. The van der Waals surface area contributed by atoms with Gasteiger partial charge in [0.1, 0.15) is 40.2 Å². The maximum atomic E-state index is 13.1. The quantitative estimate of drug-likeness (QED) is 0.120. The summed E-state index contributed by atoms with van der Waals surface area (Å²) >= 11 is 0. The first-order chi connectivity index (χ1) is 25.4. The zero-order valence-electron chi connectivity index (χ0n) is 28.9. The summed E-state index contributed by atoms with van der Waals surface area (Å²) in [5.41, 5.74) is 7.44. The van der Waals surface area contributed by atoms with Gasteiger partial charge < -0.3 is 18.9 Å². The van der Waals surface area contributed by atoms with Crippen molar-refractivity contribution in [2.24, 2.45) is 0 Å². The second-order valence-corrected chi connectivity index (χ2v) is 12.3. The van der Waals surface area contributed by atoms with Crippen molar-refractivity contribution in [1.82, 2.24) is 0 Å². The van der Waals surface area contributed by atoms with Crippen LogP contribution >= 0.6 is 0 Å². The van der Waals surface area contributed by atoms with Gasteiger partial charge in [-0.05, 0) is 144 Å². The molecule has 52 heavy (non-hydrogen) atoms. The zero-order valence-corrected chi connectivity index (χ0v) is 28.9. The fraction of sp³-hybridized carbons (Fsp3) is 0.0426. The molecule has 5 nitrogen and oxygen atoms in total. The lowest BCUT2D eigenvalue weighted by molar-refractivity contribution is 0.103. The SMILES string of the molecule is C=C(c1ccc(OC)cc1)c1ccc(Oc2ccc(-c3ccc(Oc4ccc(C(=O)c5ccc(Oc6ccc(C)cc6)cc5)cc4)cc3)cc2)cc1. The van der Waals surface area contributed by atoms with E-state index < -0.39 is 0 Å². The Labute approximate surface area is 304 Å². The molecule has 0 aliphatic carbocycles. The summed E-state index contributed by atoms with van der Waals surface area (Å²) in [6.45, 7) is 6.29. The van der Waals surface area contributed by atoms with E-state index in [1.807, 2.05) is 128 Å². The molecule has 0 spiro atoms. The van der Waals surface area contributed by atoms with Gasteiger partial charge in [0.05, 0.1) is 7.11 Å². The molecular formula is C47H36O5. The Bertz CT molecular complexity index is 2270. The van der Waals surface area contributed by atoms with Crippen molar-refractivity contribution in [1.29, 1.82) is 0 Å². The molecule has 0 radical (unpaired) electrons. The van der Waals surface area contributed by atoms with Gasteiger partial charge in [-0.25, -0.2) is 0 Å². The number of rotatable bonds is 12. The molecule has 0 aliphatic rings. The minimum Gasteiger partial charge on any atom is -0.497 e. The first-order valence-corrected chi connectivity index (χ1v) is 16.9. The van der Waals surface area contributed by atoms with Crippen LogP contribution in [0.3, 0.4) is 0 Å². The molecule has 0 N–H and O–H groups in total. The van der Waals surface area contributed by atoms with Gasteiger partial charge >= 0.3 is 0 Å². The van der Waals surface area contributed by atoms with E-state index in [1.165, 1.54) is 5.56 Å². The average molecular weight is 681 g/mol. The van der Waals surface area contributed by atoms with Crippen molar-refractivity contribution in [2.45, 2.75) is 6.92 Å². The van der Waals surface area contributed by atoms with E-state index in [9.17, 15) is 4.79 Å². The molecule has 254 valence electrons. The fourth-order valence-electron chi connectivity index (χ4n) is 5.64. The molecule has 7 aromatic rings. The maximum Gasteiger partial charge on any atom is 0.193 e. The van der Waals surface area contributed by atoms with Crippen LogP contribution in [0.2, 0.25) is 0 Å². The molecule has 0 heterocycles. The highest BCUT2D eigenvalue weighted by molar-refractivity contribution is 6.09. The van der Waals surface area contributed by atoms with Gasteiger partial charge in [-0.2, -0.15) is 0 Å². The molecule has 0 aromatic heterocycles. The van der Waals surface area contributed by atoms with Gasteiger partial charge in [-0.1, -0.05) is 72.8 Å². The maximum absolute atomic E-state index is 13.1. The Morgan fingerprint density at radius 2 is 0.654 bits per heavy atom. The van der Waals surface area contributed by atoms with E-state index in [-0.39, 0.29) is 5.78 Å². The Morgan fingerprint density at radius 1 is 0.385 bits per heavy atom. The number of ketones is 1. The molecule has 5 heteroatoms. The van der Waals surface area contributed by atoms with Crippen LogP contribution in [0.15, 0.2) is 176 Å². The predicted molar refractivity (Wildman–Crippen MR) is 207 cm³/mol. The minimum atomic E-state index is -0.0702. The number of methoxy groups -OCH3 is 1. The Balaban J connectivity index is 0.916. The molecule has 0 unspecified atom stereocenters. The van der Waals surface area contributed by atoms with Crippen LogP contribution in [0, 0.1) is 6.92 Å². The molecule has 0 bridgehead atoms. The number of aryl methyl sites for hydroxylation is 1. The van der Waals surface area contributed by atoms with E-state index in [0.29, 0.717) is 28.4 Å². The number of ether oxygens (including phenoxy) is 4. The van der Waals surface area contributed by atoms with Gasteiger partial charge in [0.15, 0.2) is 5.78 Å². The fourth-order valence-corrected chi connectivity index (χ4v) is 5.64. The van der Waals surface area contributed by atoms with Gasteiger partial charge in [0, 0.05) is 11.1 Å². The second kappa shape index (κ2) is 15.4. The van der Waals surface area contributed by atoms with Gasteiger partial charge in [-0.15, -0.1) is 0 Å². The van der Waals surface area contributed by atoms with E-state index >= 15 is 0 Å². The van der Waals surface area contributed by atoms with Gasteiger partial charge in [-0.3, -0.25) is 4.79 Å². The molecule has 0 saturated carbocycles. The lowest BCUT2D eigenvalue weighted by Gasteiger charge is -2.11. The minimum absolute atomic E-state index is 0.0702. The third-order valence-corrected chi connectivity index (χ3v) is 8.64. The number of hydrogen-bond donors (Lipinski definition) is 0. The third kappa shape index (κ3) is 8.12. The first kappa shape index (κ1) is 33.6. The van der Waals surface area contributed by atoms with Crippen LogP contribution in [-0.2, 0) is 0 Å². The molecule has 0 saturated heterocycles. The van der Waals surface area contributed by atoms with Crippen molar-refractivity contribution < 1.29 is 23.7 Å². The molecule has 7 rings (SSSR count). The summed E-state index contributed by atoms with van der Waals surface area (Å²) < 4.78 is 23.3. The van der Waals surface area contributed by atoms with Crippen LogP contribution in [0.4, 0.5) is 0 Å². The van der Waals surface area contributed by atoms with Crippen molar-refractivity contribution in [3.05, 3.63) is 204 Å². The average Bonchev–Trinajstić information content (AvgIpc) is 3.20. The molecular weight excluding hydrogens is 645 g/mol. The monoisotopic (exact) mass is 680 g/mol. The van der Waals surface area contributed by atoms with E-state index in [2.05, 4.69) is 6.58 Å². The first-order valence-electron chi connectivity index (χ1n) is 16.9. The van der Waals surface area contributed by atoms with Crippen molar-refractivity contribution in [2.75, 3.05) is 7.11 Å². The van der Waals surface area contributed by atoms with E-state index in [4.69, 9.17) is 18.9 Å². The molecule has 0 aliphatic heterocycles. The van der Waals surface area contributed by atoms with E-state index in [0.717, 1.165) is 50.8 Å². The smallest absolute Gasteiger partial charge is 0.193 e. The number of hydrogen-bond acceptors (Lipinski definition) is 5. The Hall–Kier alpha value is -6.85. The molecule has 0 amide bonds. The van der Waals surface area contributed by atoms with E-state index in [1.54, 1.807) is 55.6 Å². The zero-order chi connectivity index (χ0) is 35.9. The summed E-state index contributed by atoms with van der Waals surface area (Å²) in [7, 11) is 1.66. The highest BCUT2D eigenvalue weighted by Crippen LogP contribution is 2.31. The largest absolute Gasteiger partial charge is 0.497 e. The van der Waals surface area contributed by atoms with Crippen LogP contribution in [0.25, 0.3) is 16.7 Å². The third-order valence-electron chi connectivity index (χ3n) is 8.64. The topological polar surface area (TPSA) is 54.0 Å². The van der Waals surface area contributed by atoms with Crippen molar-refractivity contribution in [3.63, 3.8) is 0 Å². The Morgan fingerprint density at radius 3 is 0.981 bits per heavy atom. The summed E-state index contributed by atoms with van der Waals surface area (Å²) in [6, 6.07) is 53.8. The normalized spacial score (nSPS) is 10.7. The van der Waals surface area contributed by atoms with Crippen LogP contribution in [-0.4, -0.2) is 12.9 Å². The van der Waals surface area contributed by atoms with Gasteiger partial charge in [0.25, 0.3) is 0 Å². The number of carbonyl (C=O) groups excluding carboxylic acids is 1. The summed E-state index contributed by atoms with van der Waals surface area (Å²) in [6.07, 6.45) is 0. The lowest BCUT2D eigenvalue weighted by atomic mass is 9.99. The molecule has 0 fully saturated rings. The Kier molecular flexibility index (Phi) is 9.94. The van der Waals surface area contributed by atoms with Crippen LogP contribution in [0.5, 0.6) is 40.2 Å². The molecule has 0 atom stereocenters. The molecule has 7 aromatic carbocycles. The highest BCUT2D eigenvalue weighted by Gasteiger charge is 2.11.